The van der Waals surface area contributed by atoms with Crippen molar-refractivity contribution in [2.75, 3.05) is 13.2 Å². The van der Waals surface area contributed by atoms with Crippen molar-refractivity contribution in [3.05, 3.63) is 34.3 Å². The molecule has 0 fully saturated rings. The first-order chi connectivity index (χ1) is 11.3. The standard InChI is InChI=1S/C17H21ClO6/c1-3-23-17(22)13(10-24-16(21)7-6-15(19)20)9-12-4-5-14(18)11(2)8-12/h4-5,8,13H,3,6-7,9-10H2,1-2H3,(H,19,20). The Bertz CT molecular complexity index is 599. The number of esters is 2. The van der Waals surface area contributed by atoms with E-state index in [1.807, 2.05) is 13.0 Å². The molecular weight excluding hydrogens is 336 g/mol. The fraction of sp³-hybridized carbons (Fsp3) is 0.471. The first kappa shape index (κ1) is 20.0. The maximum absolute atomic E-state index is 12.0. The van der Waals surface area contributed by atoms with Gasteiger partial charge in [0.15, 0.2) is 0 Å². The Morgan fingerprint density at radius 3 is 2.50 bits per heavy atom. The van der Waals surface area contributed by atoms with Crippen LogP contribution in [0.3, 0.4) is 0 Å². The number of halogens is 1. The van der Waals surface area contributed by atoms with E-state index in [-0.39, 0.29) is 26.1 Å². The lowest BCUT2D eigenvalue weighted by atomic mass is 9.99. The van der Waals surface area contributed by atoms with Crippen LogP contribution in [0.2, 0.25) is 5.02 Å². The molecule has 7 heteroatoms. The summed E-state index contributed by atoms with van der Waals surface area (Å²) in [7, 11) is 0. The highest BCUT2D eigenvalue weighted by atomic mass is 35.5. The largest absolute Gasteiger partial charge is 0.481 e. The van der Waals surface area contributed by atoms with Gasteiger partial charge in [0.2, 0.25) is 0 Å². The summed E-state index contributed by atoms with van der Waals surface area (Å²) in [6.45, 7) is 3.62. The third-order valence-electron chi connectivity index (χ3n) is 3.31. The summed E-state index contributed by atoms with van der Waals surface area (Å²) in [5, 5.41) is 9.18. The number of carboxylic acids is 1. The van der Waals surface area contributed by atoms with Gasteiger partial charge in [0.1, 0.15) is 6.61 Å². The van der Waals surface area contributed by atoms with Gasteiger partial charge in [-0.15, -0.1) is 0 Å². The Kier molecular flexibility index (Phi) is 8.26. The lowest BCUT2D eigenvalue weighted by Crippen LogP contribution is -2.26. The highest BCUT2D eigenvalue weighted by Gasteiger charge is 2.23. The number of rotatable bonds is 9. The molecule has 24 heavy (non-hydrogen) atoms. The van der Waals surface area contributed by atoms with E-state index in [1.165, 1.54) is 0 Å². The van der Waals surface area contributed by atoms with Crippen LogP contribution in [0.25, 0.3) is 0 Å². The van der Waals surface area contributed by atoms with Crippen LogP contribution in [0, 0.1) is 12.8 Å². The molecule has 0 radical (unpaired) electrons. The summed E-state index contributed by atoms with van der Waals surface area (Å²) >= 11 is 5.98. The maximum Gasteiger partial charge on any atom is 0.312 e. The van der Waals surface area contributed by atoms with Gasteiger partial charge < -0.3 is 14.6 Å². The molecule has 0 heterocycles. The van der Waals surface area contributed by atoms with Crippen molar-refractivity contribution < 1.29 is 29.0 Å². The highest BCUT2D eigenvalue weighted by molar-refractivity contribution is 6.31. The Labute approximate surface area is 145 Å². The van der Waals surface area contributed by atoms with Crippen LogP contribution >= 0.6 is 11.6 Å². The van der Waals surface area contributed by atoms with E-state index in [4.69, 9.17) is 26.2 Å². The third-order valence-corrected chi connectivity index (χ3v) is 3.74. The minimum Gasteiger partial charge on any atom is -0.481 e. The minimum atomic E-state index is -1.08. The van der Waals surface area contributed by atoms with Crippen molar-refractivity contribution in [1.82, 2.24) is 0 Å². The van der Waals surface area contributed by atoms with Gasteiger partial charge in [0.05, 0.1) is 25.4 Å². The number of aliphatic carboxylic acids is 1. The number of aryl methyl sites for hydroxylation is 1. The van der Waals surface area contributed by atoms with E-state index in [0.29, 0.717) is 11.4 Å². The zero-order chi connectivity index (χ0) is 18.1. The SMILES string of the molecule is CCOC(=O)C(COC(=O)CCC(=O)O)Cc1ccc(Cl)c(C)c1. The first-order valence-electron chi connectivity index (χ1n) is 7.62. The van der Waals surface area contributed by atoms with Crippen LogP contribution in [0.4, 0.5) is 0 Å². The summed E-state index contributed by atoms with van der Waals surface area (Å²) in [6, 6.07) is 5.40. The zero-order valence-electron chi connectivity index (χ0n) is 13.7. The summed E-state index contributed by atoms with van der Waals surface area (Å²) in [6.07, 6.45) is -0.201. The quantitative estimate of drug-likeness (QED) is 0.684. The number of hydrogen-bond donors (Lipinski definition) is 1. The fourth-order valence-corrected chi connectivity index (χ4v) is 2.18. The molecule has 0 aliphatic heterocycles. The van der Waals surface area contributed by atoms with Gasteiger partial charge in [-0.3, -0.25) is 14.4 Å². The van der Waals surface area contributed by atoms with Crippen molar-refractivity contribution in [2.45, 2.75) is 33.1 Å². The number of carbonyl (C=O) groups excluding carboxylic acids is 2. The van der Waals surface area contributed by atoms with E-state index in [1.54, 1.807) is 19.1 Å². The van der Waals surface area contributed by atoms with Crippen LogP contribution in [-0.2, 0) is 30.3 Å². The molecule has 0 aliphatic rings. The van der Waals surface area contributed by atoms with Crippen molar-refractivity contribution in [2.24, 2.45) is 5.92 Å². The lowest BCUT2D eigenvalue weighted by molar-refractivity contribution is -0.155. The average molecular weight is 357 g/mol. The number of carbonyl (C=O) groups is 3. The van der Waals surface area contributed by atoms with E-state index in [9.17, 15) is 14.4 Å². The number of hydrogen-bond acceptors (Lipinski definition) is 5. The number of carboxylic acid groups (broad SMARTS) is 1. The maximum atomic E-state index is 12.0. The molecule has 1 N–H and O–H groups in total. The third kappa shape index (κ3) is 7.00. The molecule has 0 aromatic heterocycles. The van der Waals surface area contributed by atoms with Gasteiger partial charge >= 0.3 is 17.9 Å². The van der Waals surface area contributed by atoms with Crippen LogP contribution in [0.5, 0.6) is 0 Å². The fourth-order valence-electron chi connectivity index (χ4n) is 2.06. The second-order valence-electron chi connectivity index (χ2n) is 5.31. The normalized spacial score (nSPS) is 11.6. The number of ether oxygens (including phenoxy) is 2. The van der Waals surface area contributed by atoms with E-state index in [2.05, 4.69) is 0 Å². The molecule has 0 aliphatic carbocycles. The number of benzene rings is 1. The molecule has 0 spiro atoms. The molecule has 1 aromatic carbocycles. The van der Waals surface area contributed by atoms with Gasteiger partial charge in [-0.25, -0.2) is 0 Å². The van der Waals surface area contributed by atoms with Gasteiger partial charge in [0.25, 0.3) is 0 Å². The van der Waals surface area contributed by atoms with Crippen LogP contribution in [0.1, 0.15) is 30.9 Å². The predicted octanol–water partition coefficient (Wildman–Crippen LogP) is 2.78. The van der Waals surface area contributed by atoms with Crippen molar-refractivity contribution in [1.29, 1.82) is 0 Å². The van der Waals surface area contributed by atoms with Crippen LogP contribution in [-0.4, -0.2) is 36.2 Å². The molecule has 0 saturated carbocycles. The van der Waals surface area contributed by atoms with Gasteiger partial charge in [-0.1, -0.05) is 23.7 Å². The van der Waals surface area contributed by atoms with Crippen LogP contribution < -0.4 is 0 Å². The minimum absolute atomic E-state index is 0.154. The van der Waals surface area contributed by atoms with Crippen molar-refractivity contribution >= 4 is 29.5 Å². The highest BCUT2D eigenvalue weighted by Crippen LogP contribution is 2.19. The Hall–Kier alpha value is -2.08. The van der Waals surface area contributed by atoms with Crippen molar-refractivity contribution in [3.8, 4) is 0 Å². The van der Waals surface area contributed by atoms with Gasteiger partial charge in [-0.2, -0.15) is 0 Å². The summed E-state index contributed by atoms with van der Waals surface area (Å²) in [4.78, 5) is 34.0. The Morgan fingerprint density at radius 1 is 1.21 bits per heavy atom. The second-order valence-corrected chi connectivity index (χ2v) is 5.72. The molecular formula is C17H21ClO6. The molecule has 0 bridgehead atoms. The zero-order valence-corrected chi connectivity index (χ0v) is 14.5. The smallest absolute Gasteiger partial charge is 0.312 e. The molecule has 1 aromatic rings. The molecule has 6 nitrogen and oxygen atoms in total. The molecule has 0 amide bonds. The van der Waals surface area contributed by atoms with E-state index in [0.717, 1.165) is 11.1 Å². The lowest BCUT2D eigenvalue weighted by Gasteiger charge is -2.16. The Balaban J connectivity index is 2.69. The second kappa shape index (κ2) is 9.93. The molecule has 1 rings (SSSR count). The molecule has 132 valence electrons. The van der Waals surface area contributed by atoms with E-state index >= 15 is 0 Å². The monoisotopic (exact) mass is 356 g/mol. The van der Waals surface area contributed by atoms with Crippen molar-refractivity contribution in [3.63, 3.8) is 0 Å². The molecule has 1 atom stereocenters. The summed E-state index contributed by atoms with van der Waals surface area (Å²) in [5.41, 5.74) is 1.76. The predicted molar refractivity (Wildman–Crippen MR) is 87.8 cm³/mol. The summed E-state index contributed by atoms with van der Waals surface area (Å²) < 4.78 is 10.0. The molecule has 1 unspecified atom stereocenters. The Morgan fingerprint density at radius 2 is 1.92 bits per heavy atom. The van der Waals surface area contributed by atoms with Crippen LogP contribution in [0.15, 0.2) is 18.2 Å². The summed E-state index contributed by atoms with van der Waals surface area (Å²) in [5.74, 6) is -2.85. The van der Waals surface area contributed by atoms with E-state index < -0.39 is 23.8 Å². The molecule has 0 saturated heterocycles. The topological polar surface area (TPSA) is 89.9 Å². The first-order valence-corrected chi connectivity index (χ1v) is 8.00. The van der Waals surface area contributed by atoms with Gasteiger partial charge in [0, 0.05) is 5.02 Å². The van der Waals surface area contributed by atoms with Gasteiger partial charge in [-0.05, 0) is 37.5 Å². The average Bonchev–Trinajstić information content (AvgIpc) is 2.52.